The first kappa shape index (κ1) is 11.2. The van der Waals surface area contributed by atoms with Crippen LogP contribution >= 0.6 is 15.9 Å². The monoisotopic (exact) mass is 303 g/mol. The summed E-state index contributed by atoms with van der Waals surface area (Å²) < 4.78 is 1.01. The van der Waals surface area contributed by atoms with E-state index in [1.165, 1.54) is 0 Å². The third kappa shape index (κ3) is 2.06. The highest BCUT2D eigenvalue weighted by atomic mass is 79.9. The second-order valence-corrected chi connectivity index (χ2v) is 4.77. The lowest BCUT2D eigenvalue weighted by Gasteiger charge is -2.07. The number of nitrogens with zero attached hydrogens (tertiary/aromatic N) is 3. The number of nitrogens with one attached hydrogen (secondary N) is 2. The average molecular weight is 304 g/mol. The number of aryl methyl sites for hydroxylation is 1. The zero-order chi connectivity index (χ0) is 12.5. The molecular formula is C12H10BrN5. The van der Waals surface area contributed by atoms with E-state index in [0.29, 0.717) is 11.5 Å². The summed E-state index contributed by atoms with van der Waals surface area (Å²) in [6, 6.07) is 7.90. The standard InChI is InChI=1S/C12H10BrN5/c1-7-16-11-10(14-6-15-11)12(17-7)18-9-4-2-3-8(13)5-9/h2-6H,1H3,(H2,14,15,16,17,18). The number of benzene rings is 1. The van der Waals surface area contributed by atoms with Crippen LogP contribution in [0.5, 0.6) is 0 Å². The molecule has 18 heavy (non-hydrogen) atoms. The summed E-state index contributed by atoms with van der Waals surface area (Å²) in [4.78, 5) is 15.8. The van der Waals surface area contributed by atoms with Gasteiger partial charge in [-0.1, -0.05) is 22.0 Å². The largest absolute Gasteiger partial charge is 0.340 e. The average Bonchev–Trinajstić information content (AvgIpc) is 2.77. The fourth-order valence-electron chi connectivity index (χ4n) is 1.74. The molecule has 2 N–H and O–H groups in total. The van der Waals surface area contributed by atoms with Gasteiger partial charge in [-0.3, -0.25) is 0 Å². The van der Waals surface area contributed by atoms with Crippen LogP contribution in [-0.4, -0.2) is 19.9 Å². The van der Waals surface area contributed by atoms with Gasteiger partial charge in [-0.2, -0.15) is 0 Å². The minimum absolute atomic E-state index is 0.667. The maximum atomic E-state index is 4.39. The number of aromatic amines is 1. The van der Waals surface area contributed by atoms with E-state index in [9.17, 15) is 0 Å². The van der Waals surface area contributed by atoms with E-state index in [0.717, 1.165) is 21.5 Å². The van der Waals surface area contributed by atoms with Crippen LogP contribution in [0.1, 0.15) is 5.82 Å². The highest BCUT2D eigenvalue weighted by molar-refractivity contribution is 9.10. The third-order valence-corrected chi connectivity index (χ3v) is 2.98. The van der Waals surface area contributed by atoms with Crippen LogP contribution < -0.4 is 5.32 Å². The molecule has 0 aliphatic rings. The van der Waals surface area contributed by atoms with E-state index in [-0.39, 0.29) is 0 Å². The first-order chi connectivity index (χ1) is 8.72. The summed E-state index contributed by atoms with van der Waals surface area (Å²) in [6.07, 6.45) is 1.62. The molecule has 0 aliphatic heterocycles. The number of fused-ring (bicyclic) bond motifs is 1. The van der Waals surface area contributed by atoms with Gasteiger partial charge in [-0.25, -0.2) is 15.0 Å². The maximum Gasteiger partial charge on any atom is 0.183 e. The number of H-pyrrole nitrogens is 1. The molecule has 0 radical (unpaired) electrons. The second kappa shape index (κ2) is 4.38. The Kier molecular flexibility index (Phi) is 2.71. The third-order valence-electron chi connectivity index (χ3n) is 2.48. The summed E-state index contributed by atoms with van der Waals surface area (Å²) in [5, 5.41) is 3.26. The fraction of sp³-hybridized carbons (Fsp3) is 0.0833. The molecule has 3 rings (SSSR count). The first-order valence-electron chi connectivity index (χ1n) is 5.43. The van der Waals surface area contributed by atoms with Crippen molar-refractivity contribution in [1.82, 2.24) is 19.9 Å². The van der Waals surface area contributed by atoms with Crippen LogP contribution in [0.15, 0.2) is 35.1 Å². The molecule has 0 saturated heterocycles. The van der Waals surface area contributed by atoms with E-state index in [1.807, 2.05) is 31.2 Å². The van der Waals surface area contributed by atoms with Crippen molar-refractivity contribution in [1.29, 1.82) is 0 Å². The Morgan fingerprint density at radius 2 is 2.17 bits per heavy atom. The predicted octanol–water partition coefficient (Wildman–Crippen LogP) is 3.17. The van der Waals surface area contributed by atoms with Gasteiger partial charge in [-0.05, 0) is 25.1 Å². The molecule has 5 nitrogen and oxygen atoms in total. The molecule has 2 aromatic heterocycles. The van der Waals surface area contributed by atoms with Crippen LogP contribution in [0.25, 0.3) is 11.2 Å². The molecule has 0 spiro atoms. The van der Waals surface area contributed by atoms with Gasteiger partial charge in [0.2, 0.25) is 0 Å². The number of halogens is 1. The summed E-state index contributed by atoms with van der Waals surface area (Å²) in [5.41, 5.74) is 2.43. The van der Waals surface area contributed by atoms with E-state index in [1.54, 1.807) is 6.33 Å². The molecule has 3 aromatic rings. The Hall–Kier alpha value is -1.95. The van der Waals surface area contributed by atoms with Crippen LogP contribution in [0, 0.1) is 6.92 Å². The van der Waals surface area contributed by atoms with E-state index >= 15 is 0 Å². The van der Waals surface area contributed by atoms with Crippen molar-refractivity contribution >= 4 is 38.6 Å². The van der Waals surface area contributed by atoms with E-state index in [2.05, 4.69) is 41.2 Å². The molecule has 0 amide bonds. The number of rotatable bonds is 2. The van der Waals surface area contributed by atoms with Crippen molar-refractivity contribution in [2.75, 3.05) is 5.32 Å². The van der Waals surface area contributed by atoms with Gasteiger partial charge in [0.25, 0.3) is 0 Å². The quantitative estimate of drug-likeness (QED) is 0.763. The van der Waals surface area contributed by atoms with Crippen molar-refractivity contribution in [3.05, 3.63) is 40.9 Å². The maximum absolute atomic E-state index is 4.39. The van der Waals surface area contributed by atoms with Crippen LogP contribution in [0.4, 0.5) is 11.5 Å². The smallest absolute Gasteiger partial charge is 0.183 e. The zero-order valence-electron chi connectivity index (χ0n) is 9.61. The molecule has 0 bridgehead atoms. The van der Waals surface area contributed by atoms with Crippen molar-refractivity contribution in [3.63, 3.8) is 0 Å². The molecule has 0 atom stereocenters. The van der Waals surface area contributed by atoms with Gasteiger partial charge < -0.3 is 10.3 Å². The summed E-state index contributed by atoms with van der Waals surface area (Å²) in [5.74, 6) is 1.42. The molecule has 2 heterocycles. The highest BCUT2D eigenvalue weighted by Crippen LogP contribution is 2.23. The summed E-state index contributed by atoms with van der Waals surface area (Å²) in [6.45, 7) is 1.85. The minimum Gasteiger partial charge on any atom is -0.340 e. The van der Waals surface area contributed by atoms with Gasteiger partial charge in [0.15, 0.2) is 11.5 Å². The van der Waals surface area contributed by atoms with Gasteiger partial charge in [-0.15, -0.1) is 0 Å². The lowest BCUT2D eigenvalue weighted by molar-refractivity contribution is 1.08. The Balaban J connectivity index is 2.06. The van der Waals surface area contributed by atoms with Gasteiger partial charge >= 0.3 is 0 Å². The van der Waals surface area contributed by atoms with Crippen molar-refractivity contribution < 1.29 is 0 Å². The Bertz CT molecular complexity index is 707. The van der Waals surface area contributed by atoms with Gasteiger partial charge in [0.05, 0.1) is 6.33 Å². The normalized spacial score (nSPS) is 10.8. The van der Waals surface area contributed by atoms with Crippen molar-refractivity contribution in [3.8, 4) is 0 Å². The number of aromatic nitrogens is 4. The molecule has 0 aliphatic carbocycles. The minimum atomic E-state index is 0.667. The van der Waals surface area contributed by atoms with Gasteiger partial charge in [0, 0.05) is 10.2 Å². The van der Waals surface area contributed by atoms with Crippen LogP contribution in [0.2, 0.25) is 0 Å². The van der Waals surface area contributed by atoms with Crippen LogP contribution in [0.3, 0.4) is 0 Å². The number of hydrogen-bond acceptors (Lipinski definition) is 4. The number of hydrogen-bond donors (Lipinski definition) is 2. The fourth-order valence-corrected chi connectivity index (χ4v) is 2.13. The molecular weight excluding hydrogens is 294 g/mol. The SMILES string of the molecule is Cc1nc(Nc2cccc(Br)c2)c2[nH]cnc2n1. The van der Waals surface area contributed by atoms with Crippen molar-refractivity contribution in [2.45, 2.75) is 6.92 Å². The molecule has 0 saturated carbocycles. The van der Waals surface area contributed by atoms with E-state index in [4.69, 9.17) is 0 Å². The lowest BCUT2D eigenvalue weighted by atomic mass is 10.3. The Morgan fingerprint density at radius 3 is 3.00 bits per heavy atom. The molecule has 0 unspecified atom stereocenters. The first-order valence-corrected chi connectivity index (χ1v) is 6.22. The second-order valence-electron chi connectivity index (χ2n) is 3.86. The number of anilines is 2. The summed E-state index contributed by atoms with van der Waals surface area (Å²) >= 11 is 3.44. The van der Waals surface area contributed by atoms with E-state index < -0.39 is 0 Å². The lowest BCUT2D eigenvalue weighted by Crippen LogP contribution is -1.98. The van der Waals surface area contributed by atoms with Crippen LogP contribution in [-0.2, 0) is 0 Å². The Morgan fingerprint density at radius 1 is 1.28 bits per heavy atom. The predicted molar refractivity (Wildman–Crippen MR) is 73.8 cm³/mol. The molecule has 90 valence electrons. The number of imidazole rings is 1. The van der Waals surface area contributed by atoms with Crippen molar-refractivity contribution in [2.24, 2.45) is 0 Å². The summed E-state index contributed by atoms with van der Waals surface area (Å²) in [7, 11) is 0. The molecule has 0 fully saturated rings. The topological polar surface area (TPSA) is 66.5 Å². The Labute approximate surface area is 112 Å². The van der Waals surface area contributed by atoms with Gasteiger partial charge in [0.1, 0.15) is 11.3 Å². The molecule has 6 heteroatoms. The highest BCUT2D eigenvalue weighted by Gasteiger charge is 2.08. The molecule has 1 aromatic carbocycles. The zero-order valence-corrected chi connectivity index (χ0v) is 11.2.